The largest absolute Gasteiger partial charge is 0.452 e. The summed E-state index contributed by atoms with van der Waals surface area (Å²) in [6.45, 7) is 3.57. The van der Waals surface area contributed by atoms with Crippen LogP contribution in [0.15, 0.2) is 30.3 Å². The van der Waals surface area contributed by atoms with Crippen LogP contribution in [0.4, 0.5) is 0 Å². The van der Waals surface area contributed by atoms with Gasteiger partial charge >= 0.3 is 5.97 Å². The molecule has 0 unspecified atom stereocenters. The highest BCUT2D eigenvalue weighted by atomic mass is 35.5. The Hall–Kier alpha value is -1.81. The zero-order valence-electron chi connectivity index (χ0n) is 11.6. The number of rotatable bonds is 6. The first kappa shape index (κ1) is 16.2. The van der Waals surface area contributed by atoms with Gasteiger partial charge in [0.15, 0.2) is 6.61 Å². The molecule has 0 aliphatic heterocycles. The van der Waals surface area contributed by atoms with Gasteiger partial charge in [-0.1, -0.05) is 36.7 Å². The van der Waals surface area contributed by atoms with Crippen LogP contribution in [0.2, 0.25) is 5.02 Å². The Morgan fingerprint density at radius 1 is 1.40 bits per heavy atom. The lowest BCUT2D eigenvalue weighted by Gasteiger charge is -2.10. The summed E-state index contributed by atoms with van der Waals surface area (Å²) in [5.74, 6) is -0.886. The van der Waals surface area contributed by atoms with Gasteiger partial charge in [0.25, 0.3) is 5.91 Å². The van der Waals surface area contributed by atoms with Crippen LogP contribution in [-0.4, -0.2) is 24.5 Å². The predicted molar refractivity (Wildman–Crippen MR) is 79.3 cm³/mol. The minimum Gasteiger partial charge on any atom is -0.452 e. The molecule has 0 radical (unpaired) electrons. The number of benzene rings is 1. The Balaban J connectivity index is 2.41. The Morgan fingerprint density at radius 3 is 2.75 bits per heavy atom. The maximum atomic E-state index is 11.5. The molecule has 1 aromatic carbocycles. The van der Waals surface area contributed by atoms with Gasteiger partial charge in [0.1, 0.15) is 0 Å². The van der Waals surface area contributed by atoms with Crippen LogP contribution in [0, 0.1) is 0 Å². The quantitative estimate of drug-likeness (QED) is 0.648. The molecule has 0 spiro atoms. The lowest BCUT2D eigenvalue weighted by atomic mass is 10.2. The molecule has 1 amide bonds. The maximum absolute atomic E-state index is 11.5. The minimum atomic E-state index is -0.579. The lowest BCUT2D eigenvalue weighted by molar-refractivity contribution is -0.144. The van der Waals surface area contributed by atoms with Crippen molar-refractivity contribution < 1.29 is 14.3 Å². The van der Waals surface area contributed by atoms with E-state index in [2.05, 4.69) is 5.32 Å². The minimum absolute atomic E-state index is 0.0693. The fourth-order valence-corrected chi connectivity index (χ4v) is 1.57. The second-order valence-electron chi connectivity index (χ2n) is 4.34. The van der Waals surface area contributed by atoms with Crippen molar-refractivity contribution in [2.45, 2.75) is 26.3 Å². The van der Waals surface area contributed by atoms with E-state index in [0.29, 0.717) is 5.02 Å². The van der Waals surface area contributed by atoms with E-state index in [1.807, 2.05) is 19.9 Å². The van der Waals surface area contributed by atoms with E-state index in [-0.39, 0.29) is 18.6 Å². The van der Waals surface area contributed by atoms with Crippen molar-refractivity contribution in [1.82, 2.24) is 5.32 Å². The fraction of sp³-hybridized carbons (Fsp3) is 0.333. The number of esters is 1. The first-order valence-electron chi connectivity index (χ1n) is 6.41. The fourth-order valence-electron chi connectivity index (χ4n) is 1.37. The predicted octanol–water partition coefficient (Wildman–Crippen LogP) is 2.81. The highest BCUT2D eigenvalue weighted by Crippen LogP contribution is 2.16. The molecule has 0 bridgehead atoms. The first-order valence-corrected chi connectivity index (χ1v) is 6.79. The van der Waals surface area contributed by atoms with Gasteiger partial charge in [-0.15, -0.1) is 0 Å². The van der Waals surface area contributed by atoms with E-state index < -0.39 is 5.97 Å². The van der Waals surface area contributed by atoms with Crippen molar-refractivity contribution in [3.05, 3.63) is 40.9 Å². The molecule has 0 saturated heterocycles. The average molecular weight is 296 g/mol. The standard InChI is InChI=1S/C15H18ClNO3/c1-3-11(2)17-14(18)10-20-15(19)9-8-12-6-4-5-7-13(12)16/h4-9,11H,3,10H2,1-2H3,(H,17,18)/b9-8+/t11-/m1/s1. The first-order chi connectivity index (χ1) is 9.52. The monoisotopic (exact) mass is 295 g/mol. The summed E-state index contributed by atoms with van der Waals surface area (Å²) in [5, 5.41) is 3.25. The van der Waals surface area contributed by atoms with Gasteiger partial charge < -0.3 is 10.1 Å². The van der Waals surface area contributed by atoms with Crippen LogP contribution in [0.1, 0.15) is 25.8 Å². The molecule has 0 saturated carbocycles. The van der Waals surface area contributed by atoms with E-state index in [1.165, 1.54) is 6.08 Å². The Labute approximate surface area is 123 Å². The second-order valence-corrected chi connectivity index (χ2v) is 4.75. The van der Waals surface area contributed by atoms with E-state index in [1.54, 1.807) is 24.3 Å². The zero-order chi connectivity index (χ0) is 15.0. The summed E-state index contributed by atoms with van der Waals surface area (Å²) in [6, 6.07) is 7.20. The molecular weight excluding hydrogens is 278 g/mol. The van der Waals surface area contributed by atoms with Crippen molar-refractivity contribution in [2.75, 3.05) is 6.61 Å². The SMILES string of the molecule is CC[C@@H](C)NC(=O)COC(=O)/C=C/c1ccccc1Cl. The molecule has 1 rings (SSSR count). The van der Waals surface area contributed by atoms with E-state index in [0.717, 1.165) is 12.0 Å². The molecule has 0 aliphatic carbocycles. The van der Waals surface area contributed by atoms with Gasteiger partial charge in [-0.05, 0) is 31.1 Å². The summed E-state index contributed by atoms with van der Waals surface area (Å²) in [7, 11) is 0. The second kappa shape index (κ2) is 8.38. The summed E-state index contributed by atoms with van der Waals surface area (Å²) in [6.07, 6.45) is 3.63. The van der Waals surface area contributed by atoms with Crippen molar-refractivity contribution in [2.24, 2.45) is 0 Å². The molecule has 1 aromatic rings. The van der Waals surface area contributed by atoms with Gasteiger partial charge in [0.05, 0.1) is 0 Å². The molecular formula is C15H18ClNO3. The van der Waals surface area contributed by atoms with Crippen LogP contribution in [0.25, 0.3) is 6.08 Å². The Kier molecular flexibility index (Phi) is 6.81. The summed E-state index contributed by atoms with van der Waals surface area (Å²) < 4.78 is 4.83. The molecule has 0 heterocycles. The van der Waals surface area contributed by atoms with Crippen molar-refractivity contribution >= 4 is 29.6 Å². The molecule has 5 heteroatoms. The highest BCUT2D eigenvalue weighted by molar-refractivity contribution is 6.32. The molecule has 0 aromatic heterocycles. The van der Waals surface area contributed by atoms with E-state index in [4.69, 9.17) is 16.3 Å². The number of amides is 1. The van der Waals surface area contributed by atoms with Crippen molar-refractivity contribution in [3.8, 4) is 0 Å². The van der Waals surface area contributed by atoms with Crippen LogP contribution < -0.4 is 5.32 Å². The van der Waals surface area contributed by atoms with Crippen LogP contribution >= 0.6 is 11.6 Å². The maximum Gasteiger partial charge on any atom is 0.331 e. The summed E-state index contributed by atoms with van der Waals surface area (Å²) >= 11 is 5.94. The van der Waals surface area contributed by atoms with Crippen LogP contribution in [0.3, 0.4) is 0 Å². The molecule has 108 valence electrons. The number of carbonyl (C=O) groups excluding carboxylic acids is 2. The lowest BCUT2D eigenvalue weighted by Crippen LogP contribution is -2.35. The van der Waals surface area contributed by atoms with Gasteiger partial charge in [-0.25, -0.2) is 4.79 Å². The van der Waals surface area contributed by atoms with Crippen molar-refractivity contribution in [3.63, 3.8) is 0 Å². The van der Waals surface area contributed by atoms with Gasteiger partial charge in [0.2, 0.25) is 0 Å². The molecule has 20 heavy (non-hydrogen) atoms. The topological polar surface area (TPSA) is 55.4 Å². The van der Waals surface area contributed by atoms with Crippen molar-refractivity contribution in [1.29, 1.82) is 0 Å². The Bertz CT molecular complexity index is 500. The third-order valence-corrected chi connectivity index (χ3v) is 3.01. The van der Waals surface area contributed by atoms with Gasteiger partial charge in [-0.3, -0.25) is 4.79 Å². The average Bonchev–Trinajstić information content (AvgIpc) is 2.44. The van der Waals surface area contributed by atoms with E-state index in [9.17, 15) is 9.59 Å². The number of nitrogens with one attached hydrogen (secondary N) is 1. The summed E-state index contributed by atoms with van der Waals surface area (Å²) in [5.41, 5.74) is 0.718. The molecule has 0 aliphatic rings. The smallest absolute Gasteiger partial charge is 0.331 e. The van der Waals surface area contributed by atoms with E-state index >= 15 is 0 Å². The third kappa shape index (κ3) is 5.89. The number of hydrogen-bond acceptors (Lipinski definition) is 3. The molecule has 1 N–H and O–H groups in total. The number of ether oxygens (including phenoxy) is 1. The van der Waals surface area contributed by atoms with Gasteiger partial charge in [-0.2, -0.15) is 0 Å². The van der Waals surface area contributed by atoms with Gasteiger partial charge in [0, 0.05) is 17.1 Å². The molecule has 1 atom stereocenters. The summed E-state index contributed by atoms with van der Waals surface area (Å²) in [4.78, 5) is 22.9. The normalized spacial score (nSPS) is 12.2. The number of carbonyl (C=O) groups is 2. The third-order valence-electron chi connectivity index (χ3n) is 2.67. The molecule has 0 fully saturated rings. The number of hydrogen-bond donors (Lipinski definition) is 1. The molecule has 4 nitrogen and oxygen atoms in total. The number of halogens is 1. The van der Waals surface area contributed by atoms with Crippen LogP contribution in [0.5, 0.6) is 0 Å². The van der Waals surface area contributed by atoms with Crippen LogP contribution in [-0.2, 0) is 14.3 Å². The zero-order valence-corrected chi connectivity index (χ0v) is 12.3. The Morgan fingerprint density at radius 2 is 2.10 bits per heavy atom. The highest BCUT2D eigenvalue weighted by Gasteiger charge is 2.07.